The lowest BCUT2D eigenvalue weighted by Gasteiger charge is -2.15. The molecule has 1 aliphatic carbocycles. The maximum Gasteiger partial charge on any atom is 0.229 e. The molecule has 0 spiro atoms. The highest BCUT2D eigenvalue weighted by atomic mass is 28.3. The van der Waals surface area contributed by atoms with E-state index >= 15 is 0 Å². The number of hydrogen-bond acceptors (Lipinski definition) is 6. The first-order valence-corrected chi connectivity index (χ1v) is 15.7. The van der Waals surface area contributed by atoms with Crippen LogP contribution in [-0.4, -0.2) is 56.1 Å². The third-order valence-electron chi connectivity index (χ3n) is 6.39. The number of aliphatic hydroxyl groups is 1. The number of carbonyl (C=O) groups is 1. The highest BCUT2D eigenvalue weighted by molar-refractivity contribution is 6.76. The molecule has 0 radical (unpaired) electrons. The third-order valence-corrected chi connectivity index (χ3v) is 8.10. The fourth-order valence-electron chi connectivity index (χ4n) is 4.18. The Kier molecular flexibility index (Phi) is 7.49. The van der Waals surface area contributed by atoms with Crippen LogP contribution < -0.4 is 14.8 Å². The van der Waals surface area contributed by atoms with Crippen LogP contribution in [0.25, 0.3) is 22.2 Å². The lowest BCUT2D eigenvalue weighted by molar-refractivity contribution is -0.117. The van der Waals surface area contributed by atoms with Gasteiger partial charge in [-0.3, -0.25) is 4.79 Å². The maximum absolute atomic E-state index is 12.5. The van der Waals surface area contributed by atoms with Crippen LogP contribution in [0.1, 0.15) is 6.42 Å². The van der Waals surface area contributed by atoms with Crippen LogP contribution in [-0.2, 0) is 16.3 Å². The smallest absolute Gasteiger partial charge is 0.229 e. The van der Waals surface area contributed by atoms with Gasteiger partial charge in [0.1, 0.15) is 29.7 Å². The monoisotopic (exact) mass is 497 g/mol. The molecule has 1 fully saturated rings. The second kappa shape index (κ2) is 10.4. The minimum atomic E-state index is -1.21. The van der Waals surface area contributed by atoms with E-state index in [2.05, 4.69) is 25.0 Å². The molecule has 0 unspecified atom stereocenters. The average Bonchev–Trinajstić information content (AvgIpc) is 3.55. The van der Waals surface area contributed by atoms with E-state index in [0.717, 1.165) is 22.6 Å². The van der Waals surface area contributed by atoms with Gasteiger partial charge in [-0.15, -0.1) is 0 Å². The number of carbonyl (C=O) groups excluding carboxylic acids is 1. The van der Waals surface area contributed by atoms with Gasteiger partial charge >= 0.3 is 0 Å². The van der Waals surface area contributed by atoms with Gasteiger partial charge in [0.15, 0.2) is 0 Å². The molecular weight excluding hydrogens is 462 g/mol. The predicted molar refractivity (Wildman–Crippen MR) is 140 cm³/mol. The molecule has 2 atom stereocenters. The van der Waals surface area contributed by atoms with Crippen molar-refractivity contribution >= 4 is 30.8 Å². The van der Waals surface area contributed by atoms with E-state index in [-0.39, 0.29) is 24.3 Å². The number of aromatic nitrogens is 2. The number of anilines is 1. The van der Waals surface area contributed by atoms with Gasteiger partial charge in [-0.25, -0.2) is 4.98 Å². The Morgan fingerprint density at radius 2 is 1.89 bits per heavy atom. The van der Waals surface area contributed by atoms with Crippen molar-refractivity contribution < 1.29 is 24.1 Å². The molecule has 9 heteroatoms. The van der Waals surface area contributed by atoms with Crippen molar-refractivity contribution in [1.29, 1.82) is 0 Å². The fraction of sp³-hybridized carbons (Fsp3) is 0.462. The summed E-state index contributed by atoms with van der Waals surface area (Å²) in [5, 5.41) is 13.1. The summed E-state index contributed by atoms with van der Waals surface area (Å²) in [5.74, 6) is 1.67. The summed E-state index contributed by atoms with van der Waals surface area (Å²) in [4.78, 5) is 17.3. The number of methoxy groups -OCH3 is 2. The topological polar surface area (TPSA) is 94.8 Å². The number of amides is 1. The first-order chi connectivity index (χ1) is 16.8. The van der Waals surface area contributed by atoms with Crippen LogP contribution in [0.2, 0.25) is 25.7 Å². The first-order valence-electron chi connectivity index (χ1n) is 12.0. The molecule has 0 saturated heterocycles. The first kappa shape index (κ1) is 25.2. The third kappa shape index (κ3) is 5.69. The summed E-state index contributed by atoms with van der Waals surface area (Å²) in [7, 11) is 2.07. The van der Waals surface area contributed by atoms with E-state index < -0.39 is 8.07 Å². The van der Waals surface area contributed by atoms with Gasteiger partial charge < -0.3 is 29.2 Å². The van der Waals surface area contributed by atoms with Gasteiger partial charge in [-0.05, 0) is 42.6 Å². The second-order valence-electron chi connectivity index (χ2n) is 10.2. The lowest BCUT2D eigenvalue weighted by Crippen LogP contribution is -2.22. The average molecular weight is 498 g/mol. The highest BCUT2D eigenvalue weighted by Gasteiger charge is 2.42. The predicted octanol–water partition coefficient (Wildman–Crippen LogP) is 4.60. The Bertz CT molecular complexity index is 1180. The summed E-state index contributed by atoms with van der Waals surface area (Å²) in [6.07, 6.45) is 2.71. The number of benzene rings is 1. The number of fused-ring (bicyclic) bond motifs is 1. The van der Waals surface area contributed by atoms with Gasteiger partial charge in [0.2, 0.25) is 5.91 Å². The highest BCUT2D eigenvalue weighted by Crippen LogP contribution is 2.43. The van der Waals surface area contributed by atoms with Crippen LogP contribution in [0.15, 0.2) is 36.5 Å². The molecule has 1 saturated carbocycles. The van der Waals surface area contributed by atoms with Crippen LogP contribution in [0.5, 0.6) is 11.5 Å². The van der Waals surface area contributed by atoms with E-state index in [1.807, 2.05) is 35.0 Å². The van der Waals surface area contributed by atoms with Crippen molar-refractivity contribution in [2.75, 3.05) is 32.8 Å². The Labute approximate surface area is 207 Å². The van der Waals surface area contributed by atoms with Gasteiger partial charge in [0.25, 0.3) is 0 Å². The minimum Gasteiger partial charge on any atom is -0.496 e. The molecule has 0 aliphatic heterocycles. The Morgan fingerprint density at radius 1 is 1.17 bits per heavy atom. The van der Waals surface area contributed by atoms with Crippen molar-refractivity contribution in [2.24, 2.45) is 11.8 Å². The number of nitrogens with zero attached hydrogens (tertiary/aromatic N) is 2. The molecule has 1 aliphatic rings. The standard InChI is InChI=1S/C26H35N3O5Si/c1-32-21-7-6-8-22(33-2)24(21)20-14-29(16-34-11-12-35(3,4)5)25-18(20)9-10-23(27-25)28-26(31)19-13-17(19)15-30/h6-10,14,17,19,30H,11-13,15-16H2,1-5H3,(H,27,28,31)/t17-,19-/m1/s1. The van der Waals surface area contributed by atoms with Gasteiger partial charge in [-0.2, -0.15) is 0 Å². The normalized spacial score (nSPS) is 17.4. The summed E-state index contributed by atoms with van der Waals surface area (Å²) in [5.41, 5.74) is 2.45. The Hall–Kier alpha value is -2.88. The molecule has 188 valence electrons. The Morgan fingerprint density at radius 3 is 2.49 bits per heavy atom. The number of ether oxygens (including phenoxy) is 3. The van der Waals surface area contributed by atoms with Crippen LogP contribution >= 0.6 is 0 Å². The molecule has 1 aromatic carbocycles. The minimum absolute atomic E-state index is 0.0340. The van der Waals surface area contributed by atoms with Gasteiger partial charge in [0, 0.05) is 44.4 Å². The van der Waals surface area contributed by atoms with E-state index in [9.17, 15) is 9.90 Å². The molecule has 2 N–H and O–H groups in total. The number of aliphatic hydroxyl groups excluding tert-OH is 1. The van der Waals surface area contributed by atoms with Gasteiger partial charge in [-0.1, -0.05) is 25.7 Å². The second-order valence-corrected chi connectivity index (χ2v) is 15.9. The fourth-order valence-corrected chi connectivity index (χ4v) is 4.94. The summed E-state index contributed by atoms with van der Waals surface area (Å²) < 4.78 is 19.3. The summed E-state index contributed by atoms with van der Waals surface area (Å²) in [6.45, 7) is 8.04. The molecule has 2 heterocycles. The maximum atomic E-state index is 12.5. The van der Waals surface area contributed by atoms with Crippen LogP contribution in [0, 0.1) is 11.8 Å². The van der Waals surface area contributed by atoms with E-state index in [4.69, 9.17) is 19.2 Å². The van der Waals surface area contributed by atoms with Crippen molar-refractivity contribution in [3.63, 3.8) is 0 Å². The molecule has 1 amide bonds. The molecule has 4 rings (SSSR count). The quantitative estimate of drug-likeness (QED) is 0.297. The summed E-state index contributed by atoms with van der Waals surface area (Å²) >= 11 is 0. The number of rotatable bonds is 11. The molecule has 0 bridgehead atoms. The number of pyridine rings is 1. The molecule has 3 aromatic rings. The zero-order valence-corrected chi connectivity index (χ0v) is 22.1. The SMILES string of the molecule is COc1cccc(OC)c1-c1cn(COCC[Si](C)(C)C)c2nc(NC(=O)[C@@H]3C[C@@H]3CO)ccc12. The lowest BCUT2D eigenvalue weighted by atomic mass is 10.0. The van der Waals surface area contributed by atoms with E-state index in [1.165, 1.54) is 0 Å². The van der Waals surface area contributed by atoms with Crippen LogP contribution in [0.4, 0.5) is 5.82 Å². The largest absolute Gasteiger partial charge is 0.496 e. The van der Waals surface area contributed by atoms with Crippen molar-refractivity contribution in [3.05, 3.63) is 36.5 Å². The van der Waals surface area contributed by atoms with E-state index in [1.54, 1.807) is 20.3 Å². The van der Waals surface area contributed by atoms with Gasteiger partial charge in [0.05, 0.1) is 19.8 Å². The molecule has 2 aromatic heterocycles. The Balaban J connectivity index is 1.70. The molecule has 8 nitrogen and oxygen atoms in total. The zero-order valence-electron chi connectivity index (χ0n) is 21.1. The van der Waals surface area contributed by atoms with Crippen LogP contribution in [0.3, 0.4) is 0 Å². The van der Waals surface area contributed by atoms with E-state index in [0.29, 0.717) is 42.7 Å². The number of hydrogen-bond donors (Lipinski definition) is 2. The van der Waals surface area contributed by atoms with Crippen molar-refractivity contribution in [1.82, 2.24) is 9.55 Å². The van der Waals surface area contributed by atoms with Crippen molar-refractivity contribution in [3.8, 4) is 22.6 Å². The zero-order chi connectivity index (χ0) is 25.2. The van der Waals surface area contributed by atoms with Crippen molar-refractivity contribution in [2.45, 2.75) is 38.8 Å². The molecule has 35 heavy (non-hydrogen) atoms. The number of nitrogens with one attached hydrogen (secondary N) is 1. The summed E-state index contributed by atoms with van der Waals surface area (Å²) in [6, 6.07) is 10.5. The molecular formula is C26H35N3O5Si.